The van der Waals surface area contributed by atoms with E-state index < -0.39 is 5.97 Å². The third kappa shape index (κ3) is 3.75. The number of aromatic nitrogens is 2. The number of carbonyl (C=O) groups is 1. The molecule has 4 aromatic rings. The van der Waals surface area contributed by atoms with Crippen molar-refractivity contribution in [2.45, 2.75) is 37.8 Å². The zero-order chi connectivity index (χ0) is 24.8. The SMILES string of the molecule is C=c1[nH]n(-c2ccc(C(=O)O)cc2)c(=O)/c1=C\c1ccc2c(c1)C1CCCC1N2Cc1ccccc1. The van der Waals surface area contributed by atoms with Crippen molar-refractivity contribution >= 4 is 24.3 Å². The van der Waals surface area contributed by atoms with Crippen molar-refractivity contribution in [1.29, 1.82) is 0 Å². The van der Waals surface area contributed by atoms with Gasteiger partial charge in [0.1, 0.15) is 0 Å². The Morgan fingerprint density at radius 2 is 1.83 bits per heavy atom. The molecule has 2 heterocycles. The number of hydrogen-bond acceptors (Lipinski definition) is 3. The summed E-state index contributed by atoms with van der Waals surface area (Å²) in [6.07, 6.45) is 5.53. The number of anilines is 1. The molecule has 0 radical (unpaired) electrons. The second-order valence-electron chi connectivity index (χ2n) is 9.68. The Bertz CT molecular complexity index is 1620. The van der Waals surface area contributed by atoms with Crippen LogP contribution < -0.4 is 21.0 Å². The van der Waals surface area contributed by atoms with Crippen LogP contribution in [0.4, 0.5) is 5.69 Å². The van der Waals surface area contributed by atoms with Crippen LogP contribution in [0.5, 0.6) is 0 Å². The van der Waals surface area contributed by atoms with E-state index in [0.717, 1.165) is 12.1 Å². The second kappa shape index (κ2) is 8.72. The molecule has 0 amide bonds. The first kappa shape index (κ1) is 22.2. The van der Waals surface area contributed by atoms with E-state index in [1.165, 1.54) is 52.9 Å². The fourth-order valence-electron chi connectivity index (χ4n) is 5.80. The molecule has 1 fully saturated rings. The van der Waals surface area contributed by atoms with Crippen molar-refractivity contribution in [1.82, 2.24) is 9.78 Å². The lowest BCUT2D eigenvalue weighted by Crippen LogP contribution is -2.34. The van der Waals surface area contributed by atoms with Gasteiger partial charge in [-0.25, -0.2) is 9.48 Å². The van der Waals surface area contributed by atoms with Gasteiger partial charge in [-0.3, -0.25) is 9.89 Å². The maximum absolute atomic E-state index is 13.2. The molecular formula is C30H27N3O3. The summed E-state index contributed by atoms with van der Waals surface area (Å²) in [6, 6.07) is 23.8. The average Bonchev–Trinajstić information content (AvgIpc) is 3.56. The smallest absolute Gasteiger partial charge is 0.335 e. The maximum Gasteiger partial charge on any atom is 0.335 e. The van der Waals surface area contributed by atoms with E-state index in [2.05, 4.69) is 65.1 Å². The van der Waals surface area contributed by atoms with Crippen LogP contribution in [0, 0.1) is 0 Å². The molecule has 2 aliphatic rings. The zero-order valence-corrected chi connectivity index (χ0v) is 19.9. The van der Waals surface area contributed by atoms with E-state index in [-0.39, 0.29) is 11.1 Å². The first-order valence-electron chi connectivity index (χ1n) is 12.3. The number of fused-ring (bicyclic) bond motifs is 3. The minimum atomic E-state index is -1.00. The molecule has 180 valence electrons. The van der Waals surface area contributed by atoms with Crippen LogP contribution in [0.25, 0.3) is 18.3 Å². The van der Waals surface area contributed by atoms with Gasteiger partial charge in [0, 0.05) is 24.2 Å². The molecule has 0 saturated heterocycles. The maximum atomic E-state index is 13.2. The molecule has 6 heteroatoms. The van der Waals surface area contributed by atoms with E-state index in [4.69, 9.17) is 5.11 Å². The Labute approximate surface area is 208 Å². The summed E-state index contributed by atoms with van der Waals surface area (Å²) in [5, 5.41) is 13.2. The first-order chi connectivity index (χ1) is 17.5. The molecule has 2 atom stereocenters. The Balaban J connectivity index is 1.37. The minimum Gasteiger partial charge on any atom is -0.478 e. The highest BCUT2D eigenvalue weighted by Crippen LogP contribution is 2.50. The molecule has 2 N–H and O–H groups in total. The molecule has 1 saturated carbocycles. The molecule has 0 spiro atoms. The predicted octanol–water partition coefficient (Wildman–Crippen LogP) is 3.76. The highest BCUT2D eigenvalue weighted by Gasteiger charge is 2.41. The molecule has 1 aliphatic heterocycles. The molecule has 6 nitrogen and oxygen atoms in total. The molecule has 2 unspecified atom stereocenters. The third-order valence-corrected chi connectivity index (χ3v) is 7.52. The van der Waals surface area contributed by atoms with E-state index in [1.807, 2.05) is 6.08 Å². The van der Waals surface area contributed by atoms with Gasteiger partial charge < -0.3 is 10.0 Å². The van der Waals surface area contributed by atoms with E-state index in [9.17, 15) is 9.59 Å². The highest BCUT2D eigenvalue weighted by molar-refractivity contribution is 5.87. The molecule has 6 rings (SSSR count). The van der Waals surface area contributed by atoms with Gasteiger partial charge in [-0.2, -0.15) is 0 Å². The van der Waals surface area contributed by atoms with Crippen LogP contribution in [0.3, 0.4) is 0 Å². The number of nitrogens with zero attached hydrogens (tertiary/aromatic N) is 2. The Morgan fingerprint density at radius 3 is 2.58 bits per heavy atom. The number of hydrogen-bond donors (Lipinski definition) is 2. The summed E-state index contributed by atoms with van der Waals surface area (Å²) in [5.74, 6) is -0.484. The van der Waals surface area contributed by atoms with Gasteiger partial charge in [0.15, 0.2) is 0 Å². The molecule has 1 aliphatic carbocycles. The minimum absolute atomic E-state index is 0.171. The third-order valence-electron chi connectivity index (χ3n) is 7.52. The number of carboxylic acids is 1. The summed E-state index contributed by atoms with van der Waals surface area (Å²) < 4.78 is 1.40. The van der Waals surface area contributed by atoms with Crippen LogP contribution in [-0.2, 0) is 6.54 Å². The largest absolute Gasteiger partial charge is 0.478 e. The van der Waals surface area contributed by atoms with Crippen LogP contribution in [0.15, 0.2) is 77.6 Å². The van der Waals surface area contributed by atoms with Gasteiger partial charge in [0.05, 0.1) is 21.8 Å². The summed E-state index contributed by atoms with van der Waals surface area (Å²) >= 11 is 0. The van der Waals surface area contributed by atoms with Gasteiger partial charge in [-0.15, -0.1) is 0 Å². The summed E-state index contributed by atoms with van der Waals surface area (Å²) in [7, 11) is 0. The summed E-state index contributed by atoms with van der Waals surface area (Å²) in [5.41, 5.74) is 5.48. The second-order valence-corrected chi connectivity index (χ2v) is 9.68. The van der Waals surface area contributed by atoms with Crippen molar-refractivity contribution in [3.8, 4) is 5.69 Å². The lowest BCUT2D eigenvalue weighted by Gasteiger charge is -2.27. The van der Waals surface area contributed by atoms with E-state index in [0.29, 0.717) is 28.2 Å². The van der Waals surface area contributed by atoms with Crippen molar-refractivity contribution in [2.24, 2.45) is 0 Å². The number of H-pyrrole nitrogens is 1. The Morgan fingerprint density at radius 1 is 1.06 bits per heavy atom. The fraction of sp³-hybridized carbons (Fsp3) is 0.200. The quantitative estimate of drug-likeness (QED) is 0.459. The Kier molecular flexibility index (Phi) is 5.37. The number of rotatable bonds is 5. The van der Waals surface area contributed by atoms with Gasteiger partial charge in [-0.05, 0) is 72.0 Å². The van der Waals surface area contributed by atoms with Crippen LogP contribution in [-0.4, -0.2) is 26.9 Å². The predicted molar refractivity (Wildman–Crippen MR) is 141 cm³/mol. The summed E-state index contributed by atoms with van der Waals surface area (Å²) in [4.78, 5) is 26.9. The Hall–Kier alpha value is -4.32. The van der Waals surface area contributed by atoms with Gasteiger partial charge in [-0.1, -0.05) is 49.4 Å². The number of benzene rings is 3. The molecule has 0 bridgehead atoms. The molecule has 36 heavy (non-hydrogen) atoms. The molecule has 3 aromatic carbocycles. The highest BCUT2D eigenvalue weighted by atomic mass is 16.4. The molecule has 1 aromatic heterocycles. The number of nitrogens with one attached hydrogen (secondary N) is 1. The van der Waals surface area contributed by atoms with Crippen molar-refractivity contribution in [3.05, 3.63) is 116 Å². The first-order valence-corrected chi connectivity index (χ1v) is 12.3. The van der Waals surface area contributed by atoms with Crippen LogP contribution in [0.1, 0.15) is 52.2 Å². The average molecular weight is 478 g/mol. The van der Waals surface area contributed by atoms with Crippen LogP contribution in [0.2, 0.25) is 0 Å². The normalized spacial score (nSPS) is 18.9. The topological polar surface area (TPSA) is 78.3 Å². The van der Waals surface area contributed by atoms with E-state index >= 15 is 0 Å². The van der Waals surface area contributed by atoms with E-state index in [1.54, 1.807) is 12.1 Å². The van der Waals surface area contributed by atoms with Crippen molar-refractivity contribution in [2.75, 3.05) is 4.90 Å². The van der Waals surface area contributed by atoms with Gasteiger partial charge in [0.25, 0.3) is 5.56 Å². The van der Waals surface area contributed by atoms with Crippen LogP contribution >= 0.6 is 0 Å². The molecular weight excluding hydrogens is 450 g/mol. The summed E-state index contributed by atoms with van der Waals surface area (Å²) in [6.45, 7) is 4.95. The van der Waals surface area contributed by atoms with Crippen molar-refractivity contribution in [3.63, 3.8) is 0 Å². The zero-order valence-electron chi connectivity index (χ0n) is 19.9. The number of carboxylic acid groups (broad SMARTS) is 1. The van der Waals surface area contributed by atoms with Gasteiger partial charge >= 0.3 is 5.97 Å². The lowest BCUT2D eigenvalue weighted by atomic mass is 9.96. The monoisotopic (exact) mass is 477 g/mol. The number of aromatic amines is 1. The lowest BCUT2D eigenvalue weighted by molar-refractivity contribution is 0.0697. The number of aromatic carboxylic acids is 1. The van der Waals surface area contributed by atoms with Gasteiger partial charge in [0.2, 0.25) is 0 Å². The van der Waals surface area contributed by atoms with Crippen molar-refractivity contribution < 1.29 is 9.90 Å². The standard InChI is InChI=1S/C30H27N3O3/c1-19-25(29(34)33(31-19)23-13-11-22(12-14-23)30(35)36)16-21-10-15-28-26(17-21)24-8-5-9-27(24)32(28)18-20-6-3-2-4-7-20/h2-4,6-7,10-17,24,27,31H,1,5,8-9,18H2,(H,35,36)/b25-16-. The fourth-order valence-corrected chi connectivity index (χ4v) is 5.80.